The average Bonchev–Trinajstić information content (AvgIpc) is 2.16. The lowest BCUT2D eigenvalue weighted by Crippen LogP contribution is -2.28. The second-order valence-corrected chi connectivity index (χ2v) is 4.68. The molecule has 3 heteroatoms. The maximum absolute atomic E-state index is 11.1. The van der Waals surface area contributed by atoms with Crippen molar-refractivity contribution in [3.8, 4) is 0 Å². The first-order valence-corrected chi connectivity index (χ1v) is 5.29. The number of carboxylic acids is 1. The van der Waals surface area contributed by atoms with Gasteiger partial charge in [0.25, 0.3) is 0 Å². The van der Waals surface area contributed by atoms with Crippen LogP contribution in [-0.4, -0.2) is 11.1 Å². The van der Waals surface area contributed by atoms with E-state index in [4.69, 9.17) is 5.11 Å². The van der Waals surface area contributed by atoms with Crippen molar-refractivity contribution in [2.75, 3.05) is 0 Å². The number of halogens is 1. The zero-order valence-electron chi connectivity index (χ0n) is 8.25. The Hall–Kier alpha value is -0.830. The van der Waals surface area contributed by atoms with Gasteiger partial charge in [-0.25, -0.2) is 0 Å². The standard InChI is InChI=1S/C11H13BrO2/c1-3-11(12,10(13)14)9-6-4-5-8(2)7-9/h4-7H,3H2,1-2H3,(H,13,14). The normalized spacial score (nSPS) is 14.8. The van der Waals surface area contributed by atoms with Gasteiger partial charge in [0.1, 0.15) is 4.32 Å². The van der Waals surface area contributed by atoms with E-state index in [-0.39, 0.29) is 0 Å². The minimum Gasteiger partial charge on any atom is -0.480 e. The molecule has 0 saturated carbocycles. The maximum Gasteiger partial charge on any atom is 0.324 e. The Morgan fingerprint density at radius 2 is 2.21 bits per heavy atom. The first-order valence-electron chi connectivity index (χ1n) is 4.50. The fourth-order valence-electron chi connectivity index (χ4n) is 1.37. The van der Waals surface area contributed by atoms with Crippen molar-refractivity contribution in [3.05, 3.63) is 35.4 Å². The number of carboxylic acid groups (broad SMARTS) is 1. The third-order valence-corrected chi connectivity index (χ3v) is 3.66. The number of alkyl halides is 1. The van der Waals surface area contributed by atoms with Crippen LogP contribution < -0.4 is 0 Å². The molecule has 1 atom stereocenters. The molecule has 2 nitrogen and oxygen atoms in total. The summed E-state index contributed by atoms with van der Waals surface area (Å²) in [7, 11) is 0. The van der Waals surface area contributed by atoms with Crippen molar-refractivity contribution in [2.45, 2.75) is 24.6 Å². The van der Waals surface area contributed by atoms with Gasteiger partial charge in [-0.2, -0.15) is 0 Å². The van der Waals surface area contributed by atoms with Crippen molar-refractivity contribution in [2.24, 2.45) is 0 Å². The number of hydrogen-bond acceptors (Lipinski definition) is 1. The molecule has 0 fully saturated rings. The van der Waals surface area contributed by atoms with Crippen molar-refractivity contribution in [3.63, 3.8) is 0 Å². The number of aryl methyl sites for hydroxylation is 1. The fourth-order valence-corrected chi connectivity index (χ4v) is 1.62. The van der Waals surface area contributed by atoms with Crippen LogP contribution in [0.1, 0.15) is 24.5 Å². The Morgan fingerprint density at radius 3 is 2.64 bits per heavy atom. The first kappa shape index (κ1) is 11.2. The van der Waals surface area contributed by atoms with Crippen LogP contribution in [0.4, 0.5) is 0 Å². The molecule has 0 saturated heterocycles. The summed E-state index contributed by atoms with van der Waals surface area (Å²) in [5, 5.41) is 9.13. The van der Waals surface area contributed by atoms with Gasteiger partial charge in [-0.3, -0.25) is 4.79 Å². The molecule has 1 aromatic carbocycles. The highest BCUT2D eigenvalue weighted by molar-refractivity contribution is 9.10. The highest BCUT2D eigenvalue weighted by atomic mass is 79.9. The Kier molecular flexibility index (Phi) is 3.32. The van der Waals surface area contributed by atoms with E-state index in [0.717, 1.165) is 11.1 Å². The van der Waals surface area contributed by atoms with Gasteiger partial charge in [0.15, 0.2) is 0 Å². The molecule has 0 aliphatic rings. The SMILES string of the molecule is CCC(Br)(C(=O)O)c1cccc(C)c1. The van der Waals surface area contributed by atoms with Gasteiger partial charge in [-0.1, -0.05) is 52.7 Å². The molecule has 1 N–H and O–H groups in total. The van der Waals surface area contributed by atoms with Gasteiger partial charge in [-0.15, -0.1) is 0 Å². The monoisotopic (exact) mass is 256 g/mol. The molecule has 0 amide bonds. The summed E-state index contributed by atoms with van der Waals surface area (Å²) < 4.78 is -0.945. The average molecular weight is 257 g/mol. The number of carbonyl (C=O) groups is 1. The third-order valence-electron chi connectivity index (χ3n) is 2.30. The van der Waals surface area contributed by atoms with Crippen LogP contribution in [0.2, 0.25) is 0 Å². The predicted molar refractivity (Wildman–Crippen MR) is 59.7 cm³/mol. The number of benzene rings is 1. The van der Waals surface area contributed by atoms with Gasteiger partial charge < -0.3 is 5.11 Å². The summed E-state index contributed by atoms with van der Waals surface area (Å²) in [5.74, 6) is -0.842. The van der Waals surface area contributed by atoms with E-state index in [2.05, 4.69) is 15.9 Å². The minimum absolute atomic E-state index is 0.520. The summed E-state index contributed by atoms with van der Waals surface area (Å²) in [6.45, 7) is 3.81. The molecule has 1 rings (SSSR count). The maximum atomic E-state index is 11.1. The Balaban J connectivity index is 3.19. The van der Waals surface area contributed by atoms with Crippen molar-refractivity contribution in [1.29, 1.82) is 0 Å². The predicted octanol–water partition coefficient (Wildman–Crippen LogP) is 3.08. The zero-order valence-corrected chi connectivity index (χ0v) is 9.84. The number of rotatable bonds is 3. The lowest BCUT2D eigenvalue weighted by atomic mass is 9.95. The topological polar surface area (TPSA) is 37.3 Å². The van der Waals surface area contributed by atoms with E-state index in [1.807, 2.05) is 38.1 Å². The van der Waals surface area contributed by atoms with Gasteiger partial charge in [0, 0.05) is 0 Å². The van der Waals surface area contributed by atoms with Crippen LogP contribution in [0.15, 0.2) is 24.3 Å². The summed E-state index contributed by atoms with van der Waals surface area (Å²) in [6.07, 6.45) is 0.520. The van der Waals surface area contributed by atoms with Crippen molar-refractivity contribution in [1.82, 2.24) is 0 Å². The summed E-state index contributed by atoms with van der Waals surface area (Å²) in [5.41, 5.74) is 1.87. The quantitative estimate of drug-likeness (QED) is 0.845. The second kappa shape index (κ2) is 4.13. The van der Waals surface area contributed by atoms with Crippen molar-refractivity contribution < 1.29 is 9.90 Å². The second-order valence-electron chi connectivity index (χ2n) is 3.33. The largest absolute Gasteiger partial charge is 0.480 e. The van der Waals surface area contributed by atoms with Crippen LogP contribution in [0, 0.1) is 6.92 Å². The smallest absolute Gasteiger partial charge is 0.324 e. The molecular weight excluding hydrogens is 244 g/mol. The molecule has 0 aliphatic heterocycles. The molecule has 0 spiro atoms. The van der Waals surface area contributed by atoms with Crippen molar-refractivity contribution >= 4 is 21.9 Å². The Bertz CT molecular complexity index is 349. The van der Waals surface area contributed by atoms with Gasteiger partial charge >= 0.3 is 5.97 Å². The molecule has 0 bridgehead atoms. The highest BCUT2D eigenvalue weighted by Crippen LogP contribution is 2.35. The van der Waals surface area contributed by atoms with E-state index in [0.29, 0.717) is 6.42 Å². The van der Waals surface area contributed by atoms with Gasteiger partial charge in [-0.05, 0) is 18.9 Å². The van der Waals surface area contributed by atoms with E-state index < -0.39 is 10.3 Å². The van der Waals surface area contributed by atoms with Crippen LogP contribution in [-0.2, 0) is 9.12 Å². The molecule has 0 radical (unpaired) electrons. The zero-order chi connectivity index (χ0) is 10.8. The first-order chi connectivity index (χ1) is 6.50. The molecule has 0 aliphatic carbocycles. The molecule has 76 valence electrons. The fraction of sp³-hybridized carbons (Fsp3) is 0.364. The van der Waals surface area contributed by atoms with Crippen LogP contribution >= 0.6 is 15.9 Å². The molecule has 1 aromatic rings. The van der Waals surface area contributed by atoms with Gasteiger partial charge in [0.05, 0.1) is 0 Å². The lowest BCUT2D eigenvalue weighted by Gasteiger charge is -2.21. The number of hydrogen-bond donors (Lipinski definition) is 1. The van der Waals surface area contributed by atoms with E-state index in [1.54, 1.807) is 0 Å². The molecular formula is C11H13BrO2. The molecule has 0 aromatic heterocycles. The van der Waals surface area contributed by atoms with Crippen LogP contribution in [0.5, 0.6) is 0 Å². The van der Waals surface area contributed by atoms with Crippen LogP contribution in [0.25, 0.3) is 0 Å². The lowest BCUT2D eigenvalue weighted by molar-refractivity contribution is -0.140. The summed E-state index contributed by atoms with van der Waals surface area (Å²) in [4.78, 5) is 11.1. The highest BCUT2D eigenvalue weighted by Gasteiger charge is 2.35. The van der Waals surface area contributed by atoms with Crippen LogP contribution in [0.3, 0.4) is 0 Å². The molecule has 14 heavy (non-hydrogen) atoms. The summed E-state index contributed by atoms with van der Waals surface area (Å²) >= 11 is 3.29. The van der Waals surface area contributed by atoms with E-state index >= 15 is 0 Å². The molecule has 1 unspecified atom stereocenters. The van der Waals surface area contributed by atoms with Gasteiger partial charge in [0.2, 0.25) is 0 Å². The van der Waals surface area contributed by atoms with E-state index in [1.165, 1.54) is 0 Å². The van der Waals surface area contributed by atoms with E-state index in [9.17, 15) is 4.79 Å². The Labute approximate surface area is 92.1 Å². The molecule has 0 heterocycles. The summed E-state index contributed by atoms with van der Waals surface area (Å²) in [6, 6.07) is 7.56. The third kappa shape index (κ3) is 1.98. The minimum atomic E-state index is -0.945. The Morgan fingerprint density at radius 1 is 1.57 bits per heavy atom. The number of aliphatic carboxylic acids is 1.